The summed E-state index contributed by atoms with van der Waals surface area (Å²) in [6.45, 7) is 4.21. The number of fused-ring (bicyclic) bond motifs is 1. The molecular formula is C13H19N5. The van der Waals surface area contributed by atoms with Gasteiger partial charge in [0, 0.05) is 17.3 Å². The Kier molecular flexibility index (Phi) is 2.89. The molecule has 2 aromatic rings. The zero-order valence-corrected chi connectivity index (χ0v) is 11.0. The summed E-state index contributed by atoms with van der Waals surface area (Å²) in [4.78, 5) is 8.68. The Hall–Kier alpha value is -1.65. The largest absolute Gasteiger partial charge is 0.367 e. The monoisotopic (exact) mass is 245 g/mol. The molecule has 96 valence electrons. The molecule has 1 aliphatic carbocycles. The predicted molar refractivity (Wildman–Crippen MR) is 70.8 cm³/mol. The molecule has 1 N–H and O–H groups in total. The maximum atomic E-state index is 4.49. The molecule has 0 aromatic carbocycles. The van der Waals surface area contributed by atoms with Crippen LogP contribution >= 0.6 is 0 Å². The van der Waals surface area contributed by atoms with Crippen LogP contribution in [0, 0.1) is 6.92 Å². The van der Waals surface area contributed by atoms with Crippen molar-refractivity contribution in [1.29, 1.82) is 0 Å². The molecule has 1 aliphatic rings. The molecule has 2 aromatic heterocycles. The molecular weight excluding hydrogens is 226 g/mol. The van der Waals surface area contributed by atoms with Crippen LogP contribution in [-0.4, -0.2) is 25.6 Å². The van der Waals surface area contributed by atoms with Crippen LogP contribution in [0.3, 0.4) is 0 Å². The van der Waals surface area contributed by atoms with E-state index in [1.54, 1.807) is 6.33 Å². The lowest BCUT2D eigenvalue weighted by molar-refractivity contribution is 0.734. The minimum Gasteiger partial charge on any atom is -0.367 e. The van der Waals surface area contributed by atoms with Gasteiger partial charge in [-0.05, 0) is 26.2 Å². The van der Waals surface area contributed by atoms with Crippen LogP contribution in [0.1, 0.15) is 43.9 Å². The second kappa shape index (κ2) is 4.55. The van der Waals surface area contributed by atoms with E-state index in [-0.39, 0.29) is 0 Å². The molecule has 0 radical (unpaired) electrons. The average Bonchev–Trinajstić information content (AvgIpc) is 2.99. The molecule has 1 fully saturated rings. The molecule has 0 spiro atoms. The van der Waals surface area contributed by atoms with Gasteiger partial charge in [-0.3, -0.25) is 0 Å². The van der Waals surface area contributed by atoms with Gasteiger partial charge in [-0.25, -0.2) is 4.98 Å². The van der Waals surface area contributed by atoms with E-state index in [4.69, 9.17) is 0 Å². The standard InChI is InChI=1S/C13H19N5/c1-3-11-9(2)16-13-14-8-15-18(13)12(11)17-10-6-4-5-7-10/h8,10,17H,3-7H2,1-2H3. The minimum absolute atomic E-state index is 0.574. The van der Waals surface area contributed by atoms with Crippen LogP contribution < -0.4 is 5.32 Å². The van der Waals surface area contributed by atoms with E-state index < -0.39 is 0 Å². The van der Waals surface area contributed by atoms with Gasteiger partial charge in [-0.2, -0.15) is 14.6 Å². The van der Waals surface area contributed by atoms with Gasteiger partial charge in [0.2, 0.25) is 0 Å². The van der Waals surface area contributed by atoms with Crippen LogP contribution in [0.4, 0.5) is 5.82 Å². The number of rotatable bonds is 3. The summed E-state index contributed by atoms with van der Waals surface area (Å²) in [6, 6.07) is 0.574. The molecule has 1 saturated carbocycles. The highest BCUT2D eigenvalue weighted by Crippen LogP contribution is 2.25. The van der Waals surface area contributed by atoms with E-state index in [0.717, 1.165) is 17.9 Å². The fourth-order valence-electron chi connectivity index (χ4n) is 2.82. The highest BCUT2D eigenvalue weighted by atomic mass is 15.4. The van der Waals surface area contributed by atoms with Crippen molar-refractivity contribution in [3.8, 4) is 0 Å². The van der Waals surface area contributed by atoms with Crippen molar-refractivity contribution in [2.24, 2.45) is 0 Å². The number of nitrogens with one attached hydrogen (secondary N) is 1. The molecule has 2 heterocycles. The maximum absolute atomic E-state index is 4.49. The first-order valence-corrected chi connectivity index (χ1v) is 6.75. The lowest BCUT2D eigenvalue weighted by Crippen LogP contribution is -2.20. The molecule has 5 nitrogen and oxygen atoms in total. The molecule has 5 heteroatoms. The fourth-order valence-corrected chi connectivity index (χ4v) is 2.82. The quantitative estimate of drug-likeness (QED) is 0.901. The number of hydrogen-bond acceptors (Lipinski definition) is 4. The van der Waals surface area contributed by atoms with Crippen LogP contribution in [0.2, 0.25) is 0 Å². The zero-order chi connectivity index (χ0) is 12.5. The summed E-state index contributed by atoms with van der Waals surface area (Å²) >= 11 is 0. The Bertz CT molecular complexity index is 554. The Morgan fingerprint density at radius 3 is 2.89 bits per heavy atom. The number of aromatic nitrogens is 4. The van der Waals surface area contributed by atoms with Gasteiger partial charge in [0.1, 0.15) is 12.1 Å². The number of aryl methyl sites for hydroxylation is 1. The Labute approximate surface area is 107 Å². The molecule has 0 atom stereocenters. The lowest BCUT2D eigenvalue weighted by Gasteiger charge is -2.18. The molecule has 0 unspecified atom stereocenters. The van der Waals surface area contributed by atoms with Gasteiger partial charge in [0.05, 0.1) is 0 Å². The van der Waals surface area contributed by atoms with Gasteiger partial charge in [0.25, 0.3) is 5.78 Å². The van der Waals surface area contributed by atoms with Crippen LogP contribution in [0.5, 0.6) is 0 Å². The molecule has 0 saturated heterocycles. The lowest BCUT2D eigenvalue weighted by atomic mass is 10.1. The van der Waals surface area contributed by atoms with Gasteiger partial charge in [-0.1, -0.05) is 19.8 Å². The van der Waals surface area contributed by atoms with E-state index in [9.17, 15) is 0 Å². The summed E-state index contributed by atoms with van der Waals surface area (Å²) in [7, 11) is 0. The van der Waals surface area contributed by atoms with E-state index in [1.807, 2.05) is 11.4 Å². The Morgan fingerprint density at radius 1 is 1.39 bits per heavy atom. The first kappa shape index (κ1) is 11.4. The van der Waals surface area contributed by atoms with Crippen LogP contribution in [0.25, 0.3) is 5.78 Å². The average molecular weight is 245 g/mol. The Morgan fingerprint density at radius 2 is 2.17 bits per heavy atom. The molecule has 3 rings (SSSR count). The van der Waals surface area contributed by atoms with Crippen LogP contribution in [-0.2, 0) is 6.42 Å². The topological polar surface area (TPSA) is 55.1 Å². The van der Waals surface area contributed by atoms with Crippen molar-refractivity contribution in [2.45, 2.75) is 52.0 Å². The van der Waals surface area contributed by atoms with E-state index in [1.165, 1.54) is 31.2 Å². The fraction of sp³-hybridized carbons (Fsp3) is 0.615. The molecule has 18 heavy (non-hydrogen) atoms. The van der Waals surface area contributed by atoms with Crippen LogP contribution in [0.15, 0.2) is 6.33 Å². The van der Waals surface area contributed by atoms with Crippen molar-refractivity contribution < 1.29 is 0 Å². The van der Waals surface area contributed by atoms with Crippen molar-refractivity contribution in [3.05, 3.63) is 17.6 Å². The maximum Gasteiger partial charge on any atom is 0.254 e. The number of anilines is 1. The summed E-state index contributed by atoms with van der Waals surface area (Å²) < 4.78 is 1.84. The number of hydrogen-bond donors (Lipinski definition) is 1. The van der Waals surface area contributed by atoms with Gasteiger partial charge in [0.15, 0.2) is 0 Å². The third kappa shape index (κ3) is 1.83. The molecule has 0 amide bonds. The summed E-state index contributed by atoms with van der Waals surface area (Å²) in [5.74, 6) is 1.77. The Balaban J connectivity index is 2.07. The van der Waals surface area contributed by atoms with E-state index in [0.29, 0.717) is 11.8 Å². The van der Waals surface area contributed by atoms with Crippen molar-refractivity contribution in [2.75, 3.05) is 5.32 Å². The first-order valence-electron chi connectivity index (χ1n) is 6.75. The van der Waals surface area contributed by atoms with Gasteiger partial charge >= 0.3 is 0 Å². The SMILES string of the molecule is CCc1c(C)nc2ncnn2c1NC1CCCC1. The van der Waals surface area contributed by atoms with E-state index >= 15 is 0 Å². The summed E-state index contributed by atoms with van der Waals surface area (Å²) in [5, 5.41) is 7.94. The van der Waals surface area contributed by atoms with Crippen molar-refractivity contribution in [3.63, 3.8) is 0 Å². The highest BCUT2D eigenvalue weighted by molar-refractivity contribution is 5.53. The second-order valence-corrected chi connectivity index (χ2v) is 4.98. The highest BCUT2D eigenvalue weighted by Gasteiger charge is 2.19. The minimum atomic E-state index is 0.574. The molecule has 0 aliphatic heterocycles. The van der Waals surface area contributed by atoms with Gasteiger partial charge in [-0.15, -0.1) is 0 Å². The normalized spacial score (nSPS) is 16.6. The summed E-state index contributed by atoms with van der Waals surface area (Å²) in [6.07, 6.45) is 7.68. The zero-order valence-electron chi connectivity index (χ0n) is 11.0. The van der Waals surface area contributed by atoms with E-state index in [2.05, 4.69) is 27.3 Å². The smallest absolute Gasteiger partial charge is 0.254 e. The summed E-state index contributed by atoms with van der Waals surface area (Å²) in [5.41, 5.74) is 2.30. The third-order valence-corrected chi connectivity index (χ3v) is 3.78. The van der Waals surface area contributed by atoms with Crippen molar-refractivity contribution in [1.82, 2.24) is 19.6 Å². The number of nitrogens with zero attached hydrogens (tertiary/aromatic N) is 4. The third-order valence-electron chi connectivity index (χ3n) is 3.78. The van der Waals surface area contributed by atoms with Crippen molar-refractivity contribution >= 4 is 11.6 Å². The first-order chi connectivity index (χ1) is 8.79. The van der Waals surface area contributed by atoms with Gasteiger partial charge < -0.3 is 5.32 Å². The molecule has 0 bridgehead atoms. The second-order valence-electron chi connectivity index (χ2n) is 4.98. The predicted octanol–water partition coefficient (Wildman–Crippen LogP) is 2.35.